The van der Waals surface area contributed by atoms with Crippen LogP contribution < -0.4 is 0 Å². The molecule has 48 valence electrons. The molecular weight excluding hydrogens is 119 g/mol. The fraction of sp³-hybridized carbons (Fsp3) is 0.667. The lowest BCUT2D eigenvalue weighted by Crippen LogP contribution is -1.69. The fourth-order valence-electron chi connectivity index (χ4n) is 0.348. The van der Waals surface area contributed by atoms with Crippen LogP contribution in [0.15, 0.2) is 11.6 Å². The summed E-state index contributed by atoms with van der Waals surface area (Å²) in [6, 6.07) is 0. The zero-order chi connectivity index (χ0) is 6.57. The van der Waals surface area contributed by atoms with E-state index in [0.29, 0.717) is 0 Å². The van der Waals surface area contributed by atoms with Crippen LogP contribution in [0.5, 0.6) is 0 Å². The van der Waals surface area contributed by atoms with Gasteiger partial charge in [-0.15, -0.1) is 0 Å². The first-order valence-electron chi connectivity index (χ1n) is 2.75. The molecule has 0 saturated carbocycles. The summed E-state index contributed by atoms with van der Waals surface area (Å²) in [5, 5.41) is 0. The molecule has 1 atom stereocenters. The van der Waals surface area contributed by atoms with E-state index in [4.69, 9.17) is 0 Å². The van der Waals surface area contributed by atoms with Crippen molar-refractivity contribution in [3.8, 4) is 0 Å². The standard InChI is InChI=1S/C6H13OP/c1-6(2)4-5-8(3)7/h4,8H,5H2,1-3H3. The predicted octanol–water partition coefficient (Wildman–Crippen LogP) is 2.14. The third kappa shape index (κ3) is 5.97. The van der Waals surface area contributed by atoms with E-state index in [1.54, 1.807) is 6.66 Å². The predicted molar refractivity (Wildman–Crippen MR) is 39.2 cm³/mol. The highest BCUT2D eigenvalue weighted by molar-refractivity contribution is 7.43. The Bertz CT molecular complexity index is 112. The van der Waals surface area contributed by atoms with Crippen molar-refractivity contribution in [3.05, 3.63) is 11.6 Å². The van der Waals surface area contributed by atoms with Gasteiger partial charge in [0, 0.05) is 6.16 Å². The van der Waals surface area contributed by atoms with Gasteiger partial charge in [-0.3, -0.25) is 0 Å². The summed E-state index contributed by atoms with van der Waals surface area (Å²) >= 11 is 0. The summed E-state index contributed by atoms with van der Waals surface area (Å²) in [4.78, 5) is 0. The van der Waals surface area contributed by atoms with Crippen molar-refractivity contribution in [2.75, 3.05) is 12.8 Å². The minimum absolute atomic E-state index is 0.771. The molecule has 0 aromatic carbocycles. The molecule has 0 aliphatic rings. The van der Waals surface area contributed by atoms with Crippen molar-refractivity contribution in [2.45, 2.75) is 13.8 Å². The summed E-state index contributed by atoms with van der Waals surface area (Å²) in [6.45, 7) is 5.82. The lowest BCUT2D eigenvalue weighted by atomic mass is 10.3. The second-order valence-electron chi connectivity index (χ2n) is 2.19. The van der Waals surface area contributed by atoms with Gasteiger partial charge in [0.1, 0.15) is 0 Å². The molecule has 0 heterocycles. The van der Waals surface area contributed by atoms with Crippen LogP contribution >= 0.6 is 7.80 Å². The van der Waals surface area contributed by atoms with Crippen LogP contribution in [0, 0.1) is 0 Å². The van der Waals surface area contributed by atoms with Gasteiger partial charge in [-0.25, -0.2) is 0 Å². The Labute approximate surface area is 51.6 Å². The lowest BCUT2D eigenvalue weighted by molar-refractivity contribution is 0.592. The van der Waals surface area contributed by atoms with Crippen LogP contribution in [-0.4, -0.2) is 12.8 Å². The molecule has 0 fully saturated rings. The van der Waals surface area contributed by atoms with Crippen LogP contribution in [0.25, 0.3) is 0 Å². The Morgan fingerprint density at radius 3 is 2.25 bits per heavy atom. The second kappa shape index (κ2) is 3.91. The van der Waals surface area contributed by atoms with E-state index in [-0.39, 0.29) is 0 Å². The van der Waals surface area contributed by atoms with E-state index in [9.17, 15) is 4.57 Å². The average Bonchev–Trinajstić information content (AvgIpc) is 1.61. The van der Waals surface area contributed by atoms with E-state index in [1.807, 2.05) is 19.9 Å². The van der Waals surface area contributed by atoms with Gasteiger partial charge in [0.25, 0.3) is 0 Å². The van der Waals surface area contributed by atoms with Gasteiger partial charge in [0.05, 0.1) is 7.80 Å². The van der Waals surface area contributed by atoms with Gasteiger partial charge in [-0.05, 0) is 20.5 Å². The van der Waals surface area contributed by atoms with E-state index in [0.717, 1.165) is 6.16 Å². The molecular formula is C6H13OP. The molecule has 8 heavy (non-hydrogen) atoms. The zero-order valence-corrected chi connectivity index (χ0v) is 6.69. The van der Waals surface area contributed by atoms with Gasteiger partial charge < -0.3 is 4.57 Å². The molecule has 2 heteroatoms. The van der Waals surface area contributed by atoms with Crippen LogP contribution in [0.3, 0.4) is 0 Å². The van der Waals surface area contributed by atoms with Crippen LogP contribution in [0.2, 0.25) is 0 Å². The van der Waals surface area contributed by atoms with Crippen molar-refractivity contribution in [3.63, 3.8) is 0 Å². The Morgan fingerprint density at radius 1 is 1.62 bits per heavy atom. The van der Waals surface area contributed by atoms with Gasteiger partial charge in [-0.2, -0.15) is 0 Å². The van der Waals surface area contributed by atoms with Crippen molar-refractivity contribution in [2.24, 2.45) is 0 Å². The molecule has 0 spiro atoms. The molecule has 0 rings (SSSR count). The van der Waals surface area contributed by atoms with Crippen LogP contribution in [-0.2, 0) is 4.57 Å². The van der Waals surface area contributed by atoms with E-state index < -0.39 is 7.80 Å². The highest BCUT2D eigenvalue weighted by Gasteiger charge is 1.83. The molecule has 0 N–H and O–H groups in total. The van der Waals surface area contributed by atoms with Crippen molar-refractivity contribution in [1.82, 2.24) is 0 Å². The van der Waals surface area contributed by atoms with E-state index in [2.05, 4.69) is 0 Å². The largest absolute Gasteiger partial charge is 0.327 e. The third-order valence-electron chi connectivity index (χ3n) is 0.798. The van der Waals surface area contributed by atoms with Crippen LogP contribution in [0.1, 0.15) is 13.8 Å². The Hall–Kier alpha value is -0.0300. The molecule has 0 radical (unpaired) electrons. The van der Waals surface area contributed by atoms with Gasteiger partial charge in [0.2, 0.25) is 0 Å². The highest BCUT2D eigenvalue weighted by Crippen LogP contribution is 2.13. The second-order valence-corrected chi connectivity index (χ2v) is 4.00. The number of rotatable bonds is 2. The molecule has 0 aromatic heterocycles. The molecule has 0 bridgehead atoms. The Kier molecular flexibility index (Phi) is 3.90. The monoisotopic (exact) mass is 132 g/mol. The first-order valence-corrected chi connectivity index (χ1v) is 4.87. The van der Waals surface area contributed by atoms with Crippen LogP contribution in [0.4, 0.5) is 0 Å². The van der Waals surface area contributed by atoms with Crippen molar-refractivity contribution >= 4 is 7.80 Å². The molecule has 0 amide bonds. The summed E-state index contributed by atoms with van der Waals surface area (Å²) < 4.78 is 10.5. The minimum Gasteiger partial charge on any atom is -0.327 e. The van der Waals surface area contributed by atoms with E-state index >= 15 is 0 Å². The van der Waals surface area contributed by atoms with Crippen molar-refractivity contribution in [1.29, 1.82) is 0 Å². The Balaban J connectivity index is 3.45. The Morgan fingerprint density at radius 2 is 2.12 bits per heavy atom. The summed E-state index contributed by atoms with van der Waals surface area (Å²) in [5.74, 6) is 0. The van der Waals surface area contributed by atoms with Gasteiger partial charge >= 0.3 is 0 Å². The average molecular weight is 132 g/mol. The summed E-state index contributed by atoms with van der Waals surface area (Å²) in [6.07, 6.45) is 2.79. The van der Waals surface area contributed by atoms with Crippen molar-refractivity contribution < 1.29 is 4.57 Å². The maximum absolute atomic E-state index is 10.5. The molecule has 1 unspecified atom stereocenters. The SMILES string of the molecule is CC(C)=CC[PH](C)=O. The van der Waals surface area contributed by atoms with Gasteiger partial charge in [0.15, 0.2) is 0 Å². The number of allylic oxidation sites excluding steroid dienone is 2. The molecule has 0 aliphatic carbocycles. The summed E-state index contributed by atoms with van der Waals surface area (Å²) in [7, 11) is -1.26. The normalized spacial score (nSPS) is 12.9. The fourth-order valence-corrected chi connectivity index (χ4v) is 1.04. The number of hydrogen-bond donors (Lipinski definition) is 0. The highest BCUT2D eigenvalue weighted by atomic mass is 31.1. The topological polar surface area (TPSA) is 17.1 Å². The van der Waals surface area contributed by atoms with E-state index in [1.165, 1.54) is 5.57 Å². The molecule has 0 saturated heterocycles. The zero-order valence-electron chi connectivity index (χ0n) is 5.69. The summed E-state index contributed by atoms with van der Waals surface area (Å²) in [5.41, 5.74) is 1.25. The quantitative estimate of drug-likeness (QED) is 0.415. The smallest absolute Gasteiger partial charge is 0.0768 e. The maximum Gasteiger partial charge on any atom is 0.0768 e. The number of hydrogen-bond acceptors (Lipinski definition) is 1. The first-order chi connectivity index (χ1) is 3.63. The third-order valence-corrected chi connectivity index (χ3v) is 1.58. The molecule has 1 nitrogen and oxygen atoms in total. The van der Waals surface area contributed by atoms with Gasteiger partial charge in [-0.1, -0.05) is 11.6 Å². The maximum atomic E-state index is 10.5. The molecule has 0 aliphatic heterocycles. The molecule has 0 aromatic rings. The minimum atomic E-state index is -1.26. The first kappa shape index (κ1) is 7.97. The lowest BCUT2D eigenvalue weighted by Gasteiger charge is -1.86.